The van der Waals surface area contributed by atoms with E-state index in [1.54, 1.807) is 12.0 Å². The highest BCUT2D eigenvalue weighted by Gasteiger charge is 2.28. The molecular weight excluding hydrogens is 320 g/mol. The Morgan fingerprint density at radius 2 is 1.92 bits per heavy atom. The van der Waals surface area contributed by atoms with Gasteiger partial charge in [-0.15, -0.1) is 0 Å². The summed E-state index contributed by atoms with van der Waals surface area (Å²) in [6.45, 7) is 1.71. The largest absolute Gasteiger partial charge is 0.481 e. The lowest BCUT2D eigenvalue weighted by Gasteiger charge is -2.32. The maximum atomic E-state index is 12.6. The molecule has 138 valence electrons. The van der Waals surface area contributed by atoms with Crippen LogP contribution < -0.4 is 5.32 Å². The first-order chi connectivity index (χ1) is 12.1. The van der Waals surface area contributed by atoms with Crippen molar-refractivity contribution in [1.29, 1.82) is 0 Å². The topological polar surface area (TPSA) is 78.9 Å². The second-order valence-corrected chi connectivity index (χ2v) is 6.50. The van der Waals surface area contributed by atoms with Crippen molar-refractivity contribution in [3.8, 4) is 0 Å². The fourth-order valence-electron chi connectivity index (χ4n) is 3.17. The second kappa shape index (κ2) is 10.0. The molecular formula is C19H28N2O4. The first-order valence-electron chi connectivity index (χ1n) is 8.94. The number of amides is 2. The van der Waals surface area contributed by atoms with E-state index in [-0.39, 0.29) is 18.0 Å². The SMILES string of the molecule is COCCCCC(NC(=O)N1CCC(C(=O)O)CC1)c1ccccc1. The lowest BCUT2D eigenvalue weighted by Crippen LogP contribution is -2.46. The molecule has 25 heavy (non-hydrogen) atoms. The number of carbonyl (C=O) groups excluding carboxylic acids is 1. The maximum Gasteiger partial charge on any atom is 0.317 e. The molecule has 1 aliphatic rings. The van der Waals surface area contributed by atoms with Crippen molar-refractivity contribution >= 4 is 12.0 Å². The standard InChI is InChI=1S/C19H28N2O4/c1-25-14-6-5-9-17(15-7-3-2-4-8-15)20-19(24)21-12-10-16(11-13-21)18(22)23/h2-4,7-8,16-17H,5-6,9-14H2,1H3,(H,20,24)(H,22,23). The minimum atomic E-state index is -0.764. The highest BCUT2D eigenvalue weighted by atomic mass is 16.5. The number of carboxylic acids is 1. The minimum absolute atomic E-state index is 0.0391. The quantitative estimate of drug-likeness (QED) is 0.708. The van der Waals surface area contributed by atoms with E-state index in [0.717, 1.165) is 31.4 Å². The molecule has 1 atom stereocenters. The smallest absolute Gasteiger partial charge is 0.317 e. The van der Waals surface area contributed by atoms with Crippen LogP contribution in [0.15, 0.2) is 30.3 Å². The third kappa shape index (κ3) is 6.05. The van der Waals surface area contributed by atoms with Crippen molar-refractivity contribution in [3.63, 3.8) is 0 Å². The van der Waals surface area contributed by atoms with Crippen LogP contribution in [0.4, 0.5) is 4.79 Å². The van der Waals surface area contributed by atoms with Gasteiger partial charge in [0.25, 0.3) is 0 Å². The molecule has 2 amide bonds. The molecule has 0 aromatic heterocycles. The number of piperidine rings is 1. The first-order valence-corrected chi connectivity index (χ1v) is 8.94. The van der Waals surface area contributed by atoms with E-state index >= 15 is 0 Å². The Morgan fingerprint density at radius 1 is 1.24 bits per heavy atom. The van der Waals surface area contributed by atoms with Gasteiger partial charge < -0.3 is 20.1 Å². The van der Waals surface area contributed by atoms with E-state index in [1.807, 2.05) is 30.3 Å². The Bertz CT molecular complexity index is 542. The summed E-state index contributed by atoms with van der Waals surface area (Å²) >= 11 is 0. The highest BCUT2D eigenvalue weighted by Crippen LogP contribution is 2.22. The van der Waals surface area contributed by atoms with Crippen LogP contribution in [0.5, 0.6) is 0 Å². The molecule has 1 fully saturated rings. The number of likely N-dealkylation sites (tertiary alicyclic amines) is 1. The lowest BCUT2D eigenvalue weighted by molar-refractivity contribution is -0.143. The van der Waals surface area contributed by atoms with Crippen LogP contribution in [-0.4, -0.2) is 48.8 Å². The summed E-state index contributed by atoms with van der Waals surface area (Å²) in [5, 5.41) is 12.2. The van der Waals surface area contributed by atoms with Gasteiger partial charge in [-0.1, -0.05) is 30.3 Å². The van der Waals surface area contributed by atoms with Crippen LogP contribution in [0, 0.1) is 5.92 Å². The van der Waals surface area contributed by atoms with Crippen molar-refractivity contribution in [2.75, 3.05) is 26.8 Å². The number of carbonyl (C=O) groups is 2. The first kappa shape index (κ1) is 19.2. The van der Waals surface area contributed by atoms with Crippen molar-refractivity contribution in [1.82, 2.24) is 10.2 Å². The summed E-state index contributed by atoms with van der Waals surface area (Å²) in [6, 6.07) is 9.82. The van der Waals surface area contributed by atoms with Gasteiger partial charge in [-0.05, 0) is 37.7 Å². The van der Waals surface area contributed by atoms with Gasteiger partial charge in [-0.25, -0.2) is 4.79 Å². The number of methoxy groups -OCH3 is 1. The van der Waals surface area contributed by atoms with Crippen LogP contribution in [0.25, 0.3) is 0 Å². The number of aliphatic carboxylic acids is 1. The normalized spacial score (nSPS) is 16.4. The number of nitrogens with one attached hydrogen (secondary N) is 1. The molecule has 1 aromatic carbocycles. The summed E-state index contributed by atoms with van der Waals surface area (Å²) in [7, 11) is 1.69. The zero-order valence-corrected chi connectivity index (χ0v) is 14.8. The summed E-state index contributed by atoms with van der Waals surface area (Å²) in [6.07, 6.45) is 3.82. The molecule has 2 rings (SSSR count). The molecule has 0 radical (unpaired) electrons. The molecule has 2 N–H and O–H groups in total. The Balaban J connectivity index is 1.91. The van der Waals surface area contributed by atoms with Crippen LogP contribution in [0.1, 0.15) is 43.7 Å². The number of hydrogen-bond donors (Lipinski definition) is 2. The number of benzene rings is 1. The van der Waals surface area contributed by atoms with E-state index < -0.39 is 5.97 Å². The van der Waals surface area contributed by atoms with E-state index in [2.05, 4.69) is 5.32 Å². The molecule has 0 aliphatic carbocycles. The van der Waals surface area contributed by atoms with Gasteiger partial charge in [0.05, 0.1) is 12.0 Å². The number of carboxylic acid groups (broad SMARTS) is 1. The van der Waals surface area contributed by atoms with Gasteiger partial charge in [-0.3, -0.25) is 4.79 Å². The monoisotopic (exact) mass is 348 g/mol. The van der Waals surface area contributed by atoms with Gasteiger partial charge >= 0.3 is 12.0 Å². The zero-order valence-electron chi connectivity index (χ0n) is 14.8. The average molecular weight is 348 g/mol. The molecule has 1 saturated heterocycles. The molecule has 1 aliphatic heterocycles. The number of unbranched alkanes of at least 4 members (excludes halogenated alkanes) is 1. The summed E-state index contributed by atoms with van der Waals surface area (Å²) < 4.78 is 5.09. The molecule has 1 aromatic rings. The van der Waals surface area contributed by atoms with Gasteiger partial charge in [-0.2, -0.15) is 0 Å². The van der Waals surface area contributed by atoms with Crippen LogP contribution in [0.2, 0.25) is 0 Å². The molecule has 1 unspecified atom stereocenters. The van der Waals surface area contributed by atoms with Crippen LogP contribution in [-0.2, 0) is 9.53 Å². The molecule has 0 bridgehead atoms. The van der Waals surface area contributed by atoms with Crippen molar-refractivity contribution in [2.24, 2.45) is 5.92 Å². The lowest BCUT2D eigenvalue weighted by atomic mass is 9.97. The Morgan fingerprint density at radius 3 is 2.52 bits per heavy atom. The third-order valence-electron chi connectivity index (χ3n) is 4.72. The molecule has 1 heterocycles. The molecule has 6 heteroatoms. The fourth-order valence-corrected chi connectivity index (χ4v) is 3.17. The molecule has 0 saturated carbocycles. The van der Waals surface area contributed by atoms with Crippen LogP contribution in [0.3, 0.4) is 0 Å². The number of hydrogen-bond acceptors (Lipinski definition) is 3. The summed E-state index contributed by atoms with van der Waals surface area (Å²) in [5.74, 6) is -1.09. The van der Waals surface area contributed by atoms with Gasteiger partial charge in [0.1, 0.15) is 0 Å². The fraction of sp³-hybridized carbons (Fsp3) is 0.579. The Hall–Kier alpha value is -2.08. The van der Waals surface area contributed by atoms with Gasteiger partial charge in [0.2, 0.25) is 0 Å². The number of urea groups is 1. The van der Waals surface area contributed by atoms with Crippen molar-refractivity contribution in [2.45, 2.75) is 38.1 Å². The molecule has 0 spiro atoms. The highest BCUT2D eigenvalue weighted by molar-refractivity contribution is 5.75. The predicted octanol–water partition coefficient (Wildman–Crippen LogP) is 3.05. The number of ether oxygens (including phenoxy) is 1. The van der Waals surface area contributed by atoms with Gasteiger partial charge in [0, 0.05) is 26.8 Å². The second-order valence-electron chi connectivity index (χ2n) is 6.50. The maximum absolute atomic E-state index is 12.6. The van der Waals surface area contributed by atoms with Gasteiger partial charge in [0.15, 0.2) is 0 Å². The number of nitrogens with zero attached hydrogens (tertiary/aromatic N) is 1. The summed E-state index contributed by atoms with van der Waals surface area (Å²) in [4.78, 5) is 25.4. The van der Waals surface area contributed by atoms with E-state index in [0.29, 0.717) is 25.9 Å². The van der Waals surface area contributed by atoms with Crippen molar-refractivity contribution in [3.05, 3.63) is 35.9 Å². The van der Waals surface area contributed by atoms with Crippen LogP contribution >= 0.6 is 0 Å². The Labute approximate surface area is 149 Å². The number of rotatable bonds is 8. The third-order valence-corrected chi connectivity index (χ3v) is 4.72. The molecule has 6 nitrogen and oxygen atoms in total. The Kier molecular flexibility index (Phi) is 7.73. The zero-order chi connectivity index (χ0) is 18.1. The van der Waals surface area contributed by atoms with Crippen molar-refractivity contribution < 1.29 is 19.4 Å². The predicted molar refractivity (Wildman–Crippen MR) is 95.4 cm³/mol. The average Bonchev–Trinajstić information content (AvgIpc) is 2.65. The van der Waals surface area contributed by atoms with E-state index in [4.69, 9.17) is 9.84 Å². The van der Waals surface area contributed by atoms with E-state index in [9.17, 15) is 9.59 Å². The minimum Gasteiger partial charge on any atom is -0.481 e. The van der Waals surface area contributed by atoms with E-state index in [1.165, 1.54) is 0 Å². The summed E-state index contributed by atoms with van der Waals surface area (Å²) in [5.41, 5.74) is 1.09.